The van der Waals surface area contributed by atoms with Crippen LogP contribution < -0.4 is 11.1 Å². The molecular weight excluding hydrogens is 253 g/mol. The zero-order valence-corrected chi connectivity index (χ0v) is 10.8. The van der Waals surface area contributed by atoms with Crippen molar-refractivity contribution >= 4 is 17.3 Å². The van der Waals surface area contributed by atoms with Gasteiger partial charge in [-0.3, -0.25) is 14.9 Å². The molecule has 1 atom stereocenters. The maximum atomic E-state index is 13.4. The van der Waals surface area contributed by atoms with E-state index in [0.717, 1.165) is 12.1 Å². The average molecular weight is 269 g/mol. The van der Waals surface area contributed by atoms with Crippen molar-refractivity contribution < 1.29 is 14.1 Å². The van der Waals surface area contributed by atoms with E-state index in [1.54, 1.807) is 6.92 Å². The number of halogens is 1. The van der Waals surface area contributed by atoms with Gasteiger partial charge in [0.1, 0.15) is 0 Å². The summed E-state index contributed by atoms with van der Waals surface area (Å²) in [5, 5.41) is 13.0. The lowest BCUT2D eigenvalue weighted by Gasteiger charge is -2.24. The first-order valence-corrected chi connectivity index (χ1v) is 5.79. The Hall–Kier alpha value is -2.02. The highest BCUT2D eigenvalue weighted by atomic mass is 19.1. The Bertz CT molecular complexity index is 501. The zero-order chi connectivity index (χ0) is 14.6. The summed E-state index contributed by atoms with van der Waals surface area (Å²) in [7, 11) is 0. The monoisotopic (exact) mass is 269 g/mol. The van der Waals surface area contributed by atoms with Crippen LogP contribution in [0.3, 0.4) is 0 Å². The molecule has 1 aromatic carbocycles. The summed E-state index contributed by atoms with van der Waals surface area (Å²) < 4.78 is 13.4. The topological polar surface area (TPSA) is 98.3 Å². The molecule has 0 aromatic heterocycles. The van der Waals surface area contributed by atoms with Crippen LogP contribution in [0.4, 0.5) is 15.8 Å². The Morgan fingerprint density at radius 1 is 1.58 bits per heavy atom. The number of nitrogens with one attached hydrogen (secondary N) is 1. The number of nitro groups is 1. The third-order valence-electron chi connectivity index (χ3n) is 3.18. The fourth-order valence-corrected chi connectivity index (χ4v) is 1.41. The first kappa shape index (κ1) is 15.0. The van der Waals surface area contributed by atoms with Gasteiger partial charge in [0.05, 0.1) is 10.3 Å². The minimum Gasteiger partial charge on any atom is -0.329 e. The minimum absolute atomic E-state index is 0.158. The van der Waals surface area contributed by atoms with Crippen LogP contribution in [0.25, 0.3) is 0 Å². The van der Waals surface area contributed by atoms with Crippen molar-refractivity contribution in [1.82, 2.24) is 0 Å². The molecule has 1 amide bonds. The molecule has 1 aromatic rings. The number of benzene rings is 1. The van der Waals surface area contributed by atoms with Gasteiger partial charge < -0.3 is 11.1 Å². The molecule has 0 bridgehead atoms. The molecule has 0 aliphatic rings. The van der Waals surface area contributed by atoms with Crippen molar-refractivity contribution in [2.75, 3.05) is 11.9 Å². The van der Waals surface area contributed by atoms with Gasteiger partial charge in [0.15, 0.2) is 0 Å². The summed E-state index contributed by atoms with van der Waals surface area (Å²) in [6.07, 6.45) is 0.533. The summed E-state index contributed by atoms with van der Waals surface area (Å²) >= 11 is 0. The molecule has 0 aliphatic heterocycles. The number of carbonyl (C=O) groups excluding carboxylic acids is 1. The molecule has 0 heterocycles. The van der Waals surface area contributed by atoms with E-state index in [-0.39, 0.29) is 18.1 Å². The lowest BCUT2D eigenvalue weighted by molar-refractivity contribution is -0.387. The Morgan fingerprint density at radius 3 is 2.63 bits per heavy atom. The van der Waals surface area contributed by atoms with E-state index in [4.69, 9.17) is 5.73 Å². The number of carbonyl (C=O) groups is 1. The summed E-state index contributed by atoms with van der Waals surface area (Å²) in [4.78, 5) is 21.6. The SMILES string of the molecule is CCC(C)(CN)C(=O)Nc1ccc([N+](=O)[O-])c(F)c1. The molecule has 0 aliphatic carbocycles. The number of nitro benzene ring substituents is 1. The second-order valence-corrected chi connectivity index (χ2v) is 4.50. The number of anilines is 1. The van der Waals surface area contributed by atoms with E-state index >= 15 is 0 Å². The maximum Gasteiger partial charge on any atom is 0.304 e. The molecule has 7 heteroatoms. The number of hydrogen-bond donors (Lipinski definition) is 2. The second-order valence-electron chi connectivity index (χ2n) is 4.50. The highest BCUT2D eigenvalue weighted by Gasteiger charge is 2.29. The van der Waals surface area contributed by atoms with Crippen LogP contribution in [0.5, 0.6) is 0 Å². The van der Waals surface area contributed by atoms with E-state index in [2.05, 4.69) is 5.32 Å². The summed E-state index contributed by atoms with van der Waals surface area (Å²) in [5.74, 6) is -1.33. The van der Waals surface area contributed by atoms with Crippen LogP contribution in [0.1, 0.15) is 20.3 Å². The van der Waals surface area contributed by atoms with E-state index in [1.807, 2.05) is 6.92 Å². The lowest BCUT2D eigenvalue weighted by Crippen LogP contribution is -2.39. The molecule has 0 spiro atoms. The molecule has 0 saturated carbocycles. The van der Waals surface area contributed by atoms with Gasteiger partial charge in [-0.05, 0) is 19.4 Å². The normalized spacial score (nSPS) is 13.7. The van der Waals surface area contributed by atoms with Gasteiger partial charge in [0.25, 0.3) is 0 Å². The number of rotatable bonds is 5. The highest BCUT2D eigenvalue weighted by molar-refractivity contribution is 5.95. The fourth-order valence-electron chi connectivity index (χ4n) is 1.41. The van der Waals surface area contributed by atoms with Crippen molar-refractivity contribution in [2.24, 2.45) is 11.1 Å². The first-order chi connectivity index (χ1) is 8.84. The Kier molecular flexibility index (Phi) is 4.55. The largest absolute Gasteiger partial charge is 0.329 e. The molecule has 0 saturated heterocycles. The predicted molar refractivity (Wildman–Crippen MR) is 69.1 cm³/mol. The molecule has 3 N–H and O–H groups in total. The predicted octanol–water partition coefficient (Wildman–Crippen LogP) is 2.05. The van der Waals surface area contributed by atoms with Gasteiger partial charge in [-0.15, -0.1) is 0 Å². The first-order valence-electron chi connectivity index (χ1n) is 5.79. The van der Waals surface area contributed by atoms with E-state index in [1.165, 1.54) is 6.07 Å². The standard InChI is InChI=1S/C12H16FN3O3/c1-3-12(2,7-14)11(17)15-8-4-5-10(16(18)19)9(13)6-8/h4-6H,3,7,14H2,1-2H3,(H,15,17). The van der Waals surface area contributed by atoms with Gasteiger partial charge in [-0.25, -0.2) is 0 Å². The molecule has 0 radical (unpaired) electrons. The van der Waals surface area contributed by atoms with Crippen LogP contribution in [0, 0.1) is 21.3 Å². The van der Waals surface area contributed by atoms with E-state index in [0.29, 0.717) is 6.42 Å². The van der Waals surface area contributed by atoms with Crippen LogP contribution in [-0.2, 0) is 4.79 Å². The third-order valence-corrected chi connectivity index (χ3v) is 3.18. The van der Waals surface area contributed by atoms with Crippen molar-refractivity contribution in [1.29, 1.82) is 0 Å². The molecule has 1 unspecified atom stereocenters. The zero-order valence-electron chi connectivity index (χ0n) is 10.8. The van der Waals surface area contributed by atoms with Gasteiger partial charge in [-0.2, -0.15) is 4.39 Å². The quantitative estimate of drug-likeness (QED) is 0.631. The van der Waals surface area contributed by atoms with Gasteiger partial charge in [-0.1, -0.05) is 6.92 Å². The maximum absolute atomic E-state index is 13.4. The van der Waals surface area contributed by atoms with Crippen molar-refractivity contribution in [3.05, 3.63) is 34.1 Å². The van der Waals surface area contributed by atoms with Crippen molar-refractivity contribution in [3.63, 3.8) is 0 Å². The molecule has 1 rings (SSSR count). The van der Waals surface area contributed by atoms with Gasteiger partial charge in [0, 0.05) is 24.4 Å². The number of hydrogen-bond acceptors (Lipinski definition) is 4. The third kappa shape index (κ3) is 3.25. The average Bonchev–Trinajstić information content (AvgIpc) is 2.37. The molecule has 0 fully saturated rings. The molecule has 104 valence electrons. The summed E-state index contributed by atoms with van der Waals surface area (Å²) in [6.45, 7) is 3.68. The molecule has 6 nitrogen and oxygen atoms in total. The molecule has 19 heavy (non-hydrogen) atoms. The smallest absolute Gasteiger partial charge is 0.304 e. The molecular formula is C12H16FN3O3. The Labute approximate surface area is 109 Å². The van der Waals surface area contributed by atoms with Crippen LogP contribution in [0.2, 0.25) is 0 Å². The second kappa shape index (κ2) is 5.75. The van der Waals surface area contributed by atoms with Crippen molar-refractivity contribution in [3.8, 4) is 0 Å². The minimum atomic E-state index is -0.992. The summed E-state index contributed by atoms with van der Waals surface area (Å²) in [6, 6.07) is 3.21. The lowest BCUT2D eigenvalue weighted by atomic mass is 9.86. The fraction of sp³-hybridized carbons (Fsp3) is 0.417. The highest BCUT2D eigenvalue weighted by Crippen LogP contribution is 2.24. The van der Waals surface area contributed by atoms with Crippen LogP contribution in [-0.4, -0.2) is 17.4 Å². The summed E-state index contributed by atoms with van der Waals surface area (Å²) in [5.41, 5.74) is 4.33. The van der Waals surface area contributed by atoms with E-state index in [9.17, 15) is 19.3 Å². The Morgan fingerprint density at radius 2 is 2.21 bits per heavy atom. The van der Waals surface area contributed by atoms with Gasteiger partial charge in [0.2, 0.25) is 11.7 Å². The number of nitrogens with zero attached hydrogens (tertiary/aromatic N) is 1. The van der Waals surface area contributed by atoms with E-state index < -0.39 is 21.8 Å². The van der Waals surface area contributed by atoms with Gasteiger partial charge >= 0.3 is 5.69 Å². The van der Waals surface area contributed by atoms with Crippen molar-refractivity contribution in [2.45, 2.75) is 20.3 Å². The van der Waals surface area contributed by atoms with Crippen LogP contribution in [0.15, 0.2) is 18.2 Å². The number of nitrogens with two attached hydrogens (primary N) is 1. The Balaban J connectivity index is 2.92. The van der Waals surface area contributed by atoms with Crippen LogP contribution >= 0.6 is 0 Å². The number of amides is 1.